The van der Waals surface area contributed by atoms with E-state index in [1.807, 2.05) is 34.7 Å². The van der Waals surface area contributed by atoms with Crippen molar-refractivity contribution in [3.8, 4) is 23.6 Å². The third kappa shape index (κ3) is 5.13. The lowest BCUT2D eigenvalue weighted by molar-refractivity contribution is 0.409. The van der Waals surface area contributed by atoms with Crippen LogP contribution in [-0.4, -0.2) is 24.2 Å². The van der Waals surface area contributed by atoms with Gasteiger partial charge in [-0.25, -0.2) is 9.97 Å². The highest BCUT2D eigenvalue weighted by atomic mass is 127. The van der Waals surface area contributed by atoms with Gasteiger partial charge >= 0.3 is 0 Å². The van der Waals surface area contributed by atoms with Crippen LogP contribution < -0.4 is 9.47 Å². The van der Waals surface area contributed by atoms with E-state index in [2.05, 4.69) is 25.9 Å². The molecule has 2 heterocycles. The van der Waals surface area contributed by atoms with Gasteiger partial charge in [0.15, 0.2) is 17.2 Å². The first-order chi connectivity index (χ1) is 10.5. The molecule has 0 aliphatic rings. The van der Waals surface area contributed by atoms with E-state index in [1.54, 1.807) is 31.4 Å². The van der Waals surface area contributed by atoms with E-state index in [4.69, 9.17) is 20.0 Å². The van der Waals surface area contributed by atoms with Crippen LogP contribution in [0.4, 0.5) is 0 Å². The summed E-state index contributed by atoms with van der Waals surface area (Å²) in [6, 6.07) is 10.7. The number of halogens is 2. The zero-order valence-corrected chi connectivity index (χ0v) is 15.4. The molecule has 2 rings (SSSR count). The number of hydrogen-bond donors (Lipinski definition) is 0. The van der Waals surface area contributed by atoms with Crippen molar-refractivity contribution >= 4 is 38.5 Å². The lowest BCUT2D eigenvalue weighted by Crippen LogP contribution is -1.92. The Bertz CT molecular complexity index is 741. The number of ether oxygens (including phenoxy) is 2. The summed E-state index contributed by atoms with van der Waals surface area (Å²) in [4.78, 5) is 7.86. The molecule has 2 aromatic heterocycles. The van der Waals surface area contributed by atoms with Crippen molar-refractivity contribution in [3.05, 3.63) is 44.0 Å². The zero-order chi connectivity index (χ0) is 16.5. The summed E-state index contributed by atoms with van der Waals surface area (Å²) in [5.74, 6) is 1.15. The maximum atomic E-state index is 8.58. The number of rotatable bonds is 2. The average molecular weight is 473 g/mol. The molecule has 8 heteroatoms. The van der Waals surface area contributed by atoms with Crippen molar-refractivity contribution in [2.75, 3.05) is 14.2 Å². The van der Waals surface area contributed by atoms with Crippen LogP contribution in [0.5, 0.6) is 11.5 Å². The summed E-state index contributed by atoms with van der Waals surface area (Å²) >= 11 is 5.20. The Kier molecular flexibility index (Phi) is 7.57. The molecule has 0 spiro atoms. The van der Waals surface area contributed by atoms with Crippen LogP contribution >= 0.6 is 38.5 Å². The van der Waals surface area contributed by atoms with Crippen LogP contribution in [0.1, 0.15) is 11.4 Å². The van der Waals surface area contributed by atoms with Gasteiger partial charge in [0.05, 0.1) is 14.2 Å². The molecule has 0 saturated heterocycles. The van der Waals surface area contributed by atoms with Gasteiger partial charge in [-0.3, -0.25) is 0 Å². The lowest BCUT2D eigenvalue weighted by Gasteiger charge is -2.00. The first-order valence-corrected chi connectivity index (χ1v) is 7.64. The second-order valence-corrected chi connectivity index (χ2v) is 5.45. The normalized spacial score (nSPS) is 8.82. The minimum Gasteiger partial charge on any atom is -0.494 e. The molecule has 0 saturated carbocycles. The minimum atomic E-state index is 0.333. The van der Waals surface area contributed by atoms with Crippen LogP contribution in [0.25, 0.3) is 0 Å². The first kappa shape index (κ1) is 18.1. The largest absolute Gasteiger partial charge is 0.494 e. The molecule has 0 radical (unpaired) electrons. The van der Waals surface area contributed by atoms with Crippen molar-refractivity contribution in [1.29, 1.82) is 10.5 Å². The summed E-state index contributed by atoms with van der Waals surface area (Å²) in [6.45, 7) is 0. The summed E-state index contributed by atoms with van der Waals surface area (Å²) in [5.41, 5.74) is 0.706. The number of nitrogens with zero attached hydrogens (tertiary/aromatic N) is 4. The number of methoxy groups -OCH3 is 2. The Morgan fingerprint density at radius 1 is 1.00 bits per heavy atom. The monoisotopic (exact) mass is 472 g/mol. The molecule has 0 aliphatic carbocycles. The summed E-state index contributed by atoms with van der Waals surface area (Å²) in [5, 5.41) is 17.0. The van der Waals surface area contributed by atoms with E-state index in [9.17, 15) is 0 Å². The number of aromatic nitrogens is 2. The average Bonchev–Trinajstić information content (AvgIpc) is 2.55. The maximum absolute atomic E-state index is 8.58. The molecule has 0 N–H and O–H groups in total. The van der Waals surface area contributed by atoms with Crippen molar-refractivity contribution in [2.45, 2.75) is 0 Å². The minimum absolute atomic E-state index is 0.333. The van der Waals surface area contributed by atoms with Crippen LogP contribution in [0, 0.1) is 26.4 Å². The quantitative estimate of drug-likeness (QED) is 0.492. The number of nitriles is 2. The maximum Gasteiger partial charge on any atom is 0.183 e. The van der Waals surface area contributed by atoms with Crippen LogP contribution in [-0.2, 0) is 0 Å². The zero-order valence-electron chi connectivity index (χ0n) is 11.7. The van der Waals surface area contributed by atoms with E-state index >= 15 is 0 Å². The standard InChI is InChI=1S/C7H5BrN2O.C7H5IN2O/c1-11-6-3-2-5(4-9)10-7(6)8;1-11-6-2-3-7(8)10-5(6)4-9/h2*2-3H,1H3. The predicted octanol–water partition coefficient (Wildman–Crippen LogP) is 3.29. The predicted molar refractivity (Wildman–Crippen MR) is 91.4 cm³/mol. The third-order valence-corrected chi connectivity index (χ3v) is 3.47. The highest BCUT2D eigenvalue weighted by Gasteiger charge is 2.02. The third-order valence-electron chi connectivity index (χ3n) is 2.30. The van der Waals surface area contributed by atoms with E-state index in [1.165, 1.54) is 7.11 Å². The highest BCUT2D eigenvalue weighted by Crippen LogP contribution is 2.21. The SMILES string of the molecule is COc1ccc(C#N)nc1Br.COc1ccc(I)nc1C#N. The summed E-state index contributed by atoms with van der Waals surface area (Å²) in [7, 11) is 3.07. The molecule has 2 aromatic rings. The van der Waals surface area contributed by atoms with E-state index in [0.717, 1.165) is 3.70 Å². The van der Waals surface area contributed by atoms with Crippen LogP contribution in [0.2, 0.25) is 0 Å². The second-order valence-electron chi connectivity index (χ2n) is 3.60. The summed E-state index contributed by atoms with van der Waals surface area (Å²) in [6.07, 6.45) is 0. The van der Waals surface area contributed by atoms with Gasteiger partial charge < -0.3 is 9.47 Å². The number of hydrogen-bond acceptors (Lipinski definition) is 6. The van der Waals surface area contributed by atoms with Crippen molar-refractivity contribution in [1.82, 2.24) is 9.97 Å². The summed E-state index contributed by atoms with van der Waals surface area (Å²) < 4.78 is 11.2. The van der Waals surface area contributed by atoms with Crippen molar-refractivity contribution in [2.24, 2.45) is 0 Å². The fourth-order valence-corrected chi connectivity index (χ4v) is 2.21. The van der Waals surface area contributed by atoms with Gasteiger partial charge in [0.1, 0.15) is 26.1 Å². The lowest BCUT2D eigenvalue weighted by atomic mass is 10.3. The Morgan fingerprint density at radius 2 is 1.64 bits per heavy atom. The Hall–Kier alpha value is -1.91. The molecule has 0 aliphatic heterocycles. The van der Waals surface area contributed by atoms with Crippen LogP contribution in [0.3, 0.4) is 0 Å². The van der Waals surface area contributed by atoms with Crippen molar-refractivity contribution in [3.63, 3.8) is 0 Å². The Morgan fingerprint density at radius 3 is 2.14 bits per heavy atom. The molecule has 0 bridgehead atoms. The molecule has 112 valence electrons. The van der Waals surface area contributed by atoms with Gasteiger partial charge in [-0.05, 0) is 62.8 Å². The van der Waals surface area contributed by atoms with E-state index < -0.39 is 0 Å². The van der Waals surface area contributed by atoms with Gasteiger partial charge in [0, 0.05) is 0 Å². The van der Waals surface area contributed by atoms with Gasteiger partial charge in [0.25, 0.3) is 0 Å². The fraction of sp³-hybridized carbons (Fsp3) is 0.143. The Labute approximate surface area is 150 Å². The fourth-order valence-electron chi connectivity index (χ4n) is 1.30. The molecular weight excluding hydrogens is 463 g/mol. The number of pyridine rings is 2. The van der Waals surface area contributed by atoms with Crippen LogP contribution in [0.15, 0.2) is 28.9 Å². The molecular formula is C14H10BrIN4O2. The van der Waals surface area contributed by atoms with Gasteiger partial charge in [-0.1, -0.05) is 0 Å². The van der Waals surface area contributed by atoms with Gasteiger partial charge in [-0.15, -0.1) is 0 Å². The molecule has 0 aromatic carbocycles. The van der Waals surface area contributed by atoms with E-state index in [0.29, 0.717) is 27.5 Å². The molecule has 0 amide bonds. The molecule has 0 fully saturated rings. The molecule has 0 atom stereocenters. The highest BCUT2D eigenvalue weighted by molar-refractivity contribution is 14.1. The van der Waals surface area contributed by atoms with E-state index in [-0.39, 0.29) is 0 Å². The molecule has 6 nitrogen and oxygen atoms in total. The smallest absolute Gasteiger partial charge is 0.183 e. The van der Waals surface area contributed by atoms with Crippen molar-refractivity contribution < 1.29 is 9.47 Å². The second kappa shape index (κ2) is 9.18. The molecule has 0 unspecified atom stereocenters. The van der Waals surface area contributed by atoms with Gasteiger partial charge in [-0.2, -0.15) is 10.5 Å². The van der Waals surface area contributed by atoms with Gasteiger partial charge in [0.2, 0.25) is 0 Å². The Balaban J connectivity index is 0.000000220. The first-order valence-electron chi connectivity index (χ1n) is 5.77. The topological polar surface area (TPSA) is 91.8 Å². The molecule has 22 heavy (non-hydrogen) atoms.